The number of carbonyl (C=O) groups is 1. The minimum atomic E-state index is -1.20. The third kappa shape index (κ3) is 4.97. The normalized spacial score (nSPS) is 17.9. The molecule has 4 aromatic carbocycles. The van der Waals surface area contributed by atoms with Gasteiger partial charge in [0.25, 0.3) is 0 Å². The zero-order valence-corrected chi connectivity index (χ0v) is 24.2. The Morgan fingerprint density at radius 2 is 1.39 bits per heavy atom. The molecule has 6 rings (SSSR count). The molecule has 3 atom stereocenters. The topological polar surface area (TPSA) is 209 Å². The van der Waals surface area contributed by atoms with Crippen LogP contribution in [0.15, 0.2) is 87.6 Å². The fourth-order valence-corrected chi connectivity index (χ4v) is 6.33. The fourth-order valence-electron chi connectivity index (χ4n) is 6.33. The summed E-state index contributed by atoms with van der Waals surface area (Å²) in [6, 6.07) is 13.5. The zero-order valence-electron chi connectivity index (χ0n) is 24.2. The van der Waals surface area contributed by atoms with Gasteiger partial charge in [0.1, 0.15) is 45.8 Å². The van der Waals surface area contributed by atoms with Crippen LogP contribution in [0.2, 0.25) is 0 Å². The third-order valence-electron chi connectivity index (χ3n) is 8.41. The van der Waals surface area contributed by atoms with Gasteiger partial charge >= 0.3 is 0 Å². The summed E-state index contributed by atoms with van der Waals surface area (Å²) in [5.41, 5.74) is -0.476. The van der Waals surface area contributed by atoms with E-state index in [2.05, 4.69) is 0 Å². The number of aromatic hydroxyl groups is 8. The van der Waals surface area contributed by atoms with Crippen molar-refractivity contribution in [2.24, 2.45) is 5.92 Å². The summed E-state index contributed by atoms with van der Waals surface area (Å²) >= 11 is 0. The fraction of sp³-hybridized carbons (Fsp3) is 0.143. The van der Waals surface area contributed by atoms with E-state index in [1.165, 1.54) is 54.6 Å². The molecule has 0 spiro atoms. The first-order valence-electron chi connectivity index (χ1n) is 14.1. The predicted octanol–water partition coefficient (Wildman–Crippen LogP) is 5.82. The second-order valence-corrected chi connectivity index (χ2v) is 11.4. The van der Waals surface area contributed by atoms with E-state index < -0.39 is 57.7 Å². The van der Waals surface area contributed by atoms with Gasteiger partial charge in [-0.25, -0.2) is 0 Å². The van der Waals surface area contributed by atoms with Gasteiger partial charge in [-0.15, -0.1) is 0 Å². The van der Waals surface area contributed by atoms with Gasteiger partial charge in [0.05, 0.1) is 16.5 Å². The van der Waals surface area contributed by atoms with E-state index in [4.69, 9.17) is 4.42 Å². The van der Waals surface area contributed by atoms with Gasteiger partial charge in [-0.1, -0.05) is 17.7 Å². The number of fused-ring (bicyclic) bond motifs is 1. The second kappa shape index (κ2) is 11.1. The molecule has 11 heteroatoms. The minimum absolute atomic E-state index is 0.0284. The van der Waals surface area contributed by atoms with E-state index >= 15 is 0 Å². The molecule has 46 heavy (non-hydrogen) atoms. The van der Waals surface area contributed by atoms with Gasteiger partial charge in [0, 0.05) is 41.5 Å². The highest BCUT2D eigenvalue weighted by atomic mass is 16.4. The molecule has 0 radical (unpaired) electrons. The average molecular weight is 625 g/mol. The molecule has 0 aliphatic heterocycles. The quantitative estimate of drug-likeness (QED) is 0.0862. The number of ketones is 1. The number of carbonyl (C=O) groups excluding carboxylic acids is 1. The van der Waals surface area contributed by atoms with Crippen LogP contribution in [0.5, 0.6) is 46.0 Å². The van der Waals surface area contributed by atoms with Crippen LogP contribution >= 0.6 is 0 Å². The lowest BCUT2D eigenvalue weighted by Crippen LogP contribution is -2.31. The first-order chi connectivity index (χ1) is 21.8. The third-order valence-corrected chi connectivity index (χ3v) is 8.41. The van der Waals surface area contributed by atoms with Gasteiger partial charge in [-0.3, -0.25) is 9.59 Å². The number of phenolic OH excluding ortho intramolecular Hbond substituents is 7. The molecule has 1 heterocycles. The molecule has 0 saturated heterocycles. The summed E-state index contributed by atoms with van der Waals surface area (Å²) in [5.74, 6) is -7.68. The van der Waals surface area contributed by atoms with Crippen molar-refractivity contribution in [1.29, 1.82) is 0 Å². The molecular formula is C35H28O11. The number of benzene rings is 4. The van der Waals surface area contributed by atoms with Crippen molar-refractivity contribution < 1.29 is 50.1 Å². The van der Waals surface area contributed by atoms with Crippen molar-refractivity contribution in [2.75, 3.05) is 0 Å². The molecule has 11 nitrogen and oxygen atoms in total. The summed E-state index contributed by atoms with van der Waals surface area (Å²) in [5, 5.41) is 85.0. The second-order valence-electron chi connectivity index (χ2n) is 11.4. The van der Waals surface area contributed by atoms with Crippen LogP contribution in [0.3, 0.4) is 0 Å². The minimum Gasteiger partial charge on any atom is -0.508 e. The first-order valence-corrected chi connectivity index (χ1v) is 14.1. The standard InChI is InChI=1S/C35H28O11/c1-15-10-23(19-5-2-16(36)12-26(19)40)29(31(42)20-6-3-17(37)13-27(20)41)24(11-15)30-25(39)9-8-22(32(30)43)35-34(45)33(44)21-7-4-18(38)14-28(21)46-35/h2-9,11-14,23-24,29,36-41,43,45H,10H2,1H3/t23?,24?,29-/m0/s1. The van der Waals surface area contributed by atoms with Crippen LogP contribution in [0.1, 0.15) is 46.7 Å². The smallest absolute Gasteiger partial charge is 0.235 e. The monoisotopic (exact) mass is 624 g/mol. The van der Waals surface area contributed by atoms with E-state index in [0.717, 1.165) is 12.1 Å². The van der Waals surface area contributed by atoms with Gasteiger partial charge < -0.3 is 45.3 Å². The van der Waals surface area contributed by atoms with E-state index in [-0.39, 0.29) is 62.6 Å². The summed E-state index contributed by atoms with van der Waals surface area (Å²) in [6.07, 6.45) is 1.89. The summed E-state index contributed by atoms with van der Waals surface area (Å²) in [4.78, 5) is 27.3. The maximum atomic E-state index is 14.4. The Morgan fingerprint density at radius 3 is 2.09 bits per heavy atom. The van der Waals surface area contributed by atoms with Crippen LogP contribution in [-0.2, 0) is 0 Å². The maximum Gasteiger partial charge on any atom is 0.235 e. The average Bonchev–Trinajstić information content (AvgIpc) is 2.99. The number of phenols is 7. The zero-order chi connectivity index (χ0) is 33.0. The first kappa shape index (κ1) is 29.9. The molecular weight excluding hydrogens is 596 g/mol. The van der Waals surface area contributed by atoms with E-state index in [1.807, 2.05) is 0 Å². The van der Waals surface area contributed by atoms with Crippen LogP contribution in [0.25, 0.3) is 22.3 Å². The van der Waals surface area contributed by atoms with Gasteiger partial charge in [0.15, 0.2) is 11.5 Å². The highest BCUT2D eigenvalue weighted by Gasteiger charge is 2.43. The molecule has 1 aromatic heterocycles. The van der Waals surface area contributed by atoms with Crippen molar-refractivity contribution in [1.82, 2.24) is 0 Å². The highest BCUT2D eigenvalue weighted by molar-refractivity contribution is 6.02. The van der Waals surface area contributed by atoms with Crippen molar-refractivity contribution in [3.05, 3.63) is 105 Å². The Hall–Kier alpha value is -6.10. The number of Topliss-reactive ketones (excluding diaryl/α,β-unsaturated/α-hetero) is 1. The Bertz CT molecular complexity index is 2140. The van der Waals surface area contributed by atoms with Crippen molar-refractivity contribution in [2.45, 2.75) is 25.2 Å². The van der Waals surface area contributed by atoms with Gasteiger partial charge in [-0.2, -0.15) is 0 Å². The number of allylic oxidation sites excluding steroid dienone is 2. The van der Waals surface area contributed by atoms with Crippen LogP contribution < -0.4 is 5.43 Å². The van der Waals surface area contributed by atoms with Crippen molar-refractivity contribution in [3.8, 4) is 57.3 Å². The molecule has 0 amide bonds. The van der Waals surface area contributed by atoms with E-state index in [1.54, 1.807) is 13.0 Å². The number of rotatable bonds is 5. The maximum absolute atomic E-state index is 14.4. The lowest BCUT2D eigenvalue weighted by Gasteiger charge is -2.37. The van der Waals surface area contributed by atoms with Crippen LogP contribution in [-0.4, -0.2) is 46.6 Å². The molecule has 8 N–H and O–H groups in total. The Balaban J connectivity index is 1.59. The molecule has 0 bridgehead atoms. The van der Waals surface area contributed by atoms with Crippen LogP contribution in [0, 0.1) is 5.92 Å². The van der Waals surface area contributed by atoms with E-state index in [9.17, 15) is 50.4 Å². The predicted molar refractivity (Wildman–Crippen MR) is 166 cm³/mol. The number of hydrogen-bond acceptors (Lipinski definition) is 11. The number of hydrogen-bond donors (Lipinski definition) is 8. The largest absolute Gasteiger partial charge is 0.508 e. The lowest BCUT2D eigenvalue weighted by molar-refractivity contribution is 0.0876. The molecule has 1 aliphatic carbocycles. The molecule has 5 aromatic rings. The van der Waals surface area contributed by atoms with Crippen molar-refractivity contribution >= 4 is 16.8 Å². The molecule has 1 aliphatic rings. The Morgan fingerprint density at radius 1 is 0.739 bits per heavy atom. The Kier molecular flexibility index (Phi) is 7.24. The van der Waals surface area contributed by atoms with E-state index in [0.29, 0.717) is 5.57 Å². The van der Waals surface area contributed by atoms with Crippen molar-refractivity contribution in [3.63, 3.8) is 0 Å². The van der Waals surface area contributed by atoms with Gasteiger partial charge in [-0.05, 0) is 61.4 Å². The highest BCUT2D eigenvalue weighted by Crippen LogP contribution is 2.54. The Labute approximate surface area is 260 Å². The summed E-state index contributed by atoms with van der Waals surface area (Å²) in [6.45, 7) is 1.76. The molecule has 0 saturated carbocycles. The molecule has 0 fully saturated rings. The molecule has 2 unspecified atom stereocenters. The SMILES string of the molecule is CC1=CC(c2c(O)ccc(-c3oc4cc(O)ccc4c(=O)c3O)c2O)[C@@H](C(=O)c2ccc(O)cc2O)C(c2ccc(O)cc2O)C1. The van der Waals surface area contributed by atoms with Gasteiger partial charge in [0.2, 0.25) is 11.2 Å². The summed E-state index contributed by atoms with van der Waals surface area (Å²) in [7, 11) is 0. The van der Waals surface area contributed by atoms with Crippen LogP contribution in [0.4, 0.5) is 0 Å². The molecule has 234 valence electrons. The lowest BCUT2D eigenvalue weighted by atomic mass is 9.65. The summed E-state index contributed by atoms with van der Waals surface area (Å²) < 4.78 is 5.76.